The van der Waals surface area contributed by atoms with Crippen LogP contribution in [-0.4, -0.2) is 51.2 Å². The Bertz CT molecular complexity index is 1250. The van der Waals surface area contributed by atoms with Gasteiger partial charge in [0.1, 0.15) is 24.2 Å². The molecule has 0 radical (unpaired) electrons. The van der Waals surface area contributed by atoms with Crippen LogP contribution in [0.5, 0.6) is 0 Å². The van der Waals surface area contributed by atoms with Crippen molar-refractivity contribution in [2.75, 3.05) is 11.9 Å². The minimum absolute atomic E-state index is 0.111. The number of nitrogens with one attached hydrogen (secondary N) is 2. The monoisotopic (exact) mass is 461 g/mol. The molecule has 4 heterocycles. The van der Waals surface area contributed by atoms with Crippen LogP contribution in [0, 0.1) is 5.41 Å². The molecule has 1 aromatic heterocycles. The summed E-state index contributed by atoms with van der Waals surface area (Å²) in [5, 5.41) is 6.28. The Kier molecular flexibility index (Phi) is 4.89. The number of rotatable bonds is 4. The molecule has 34 heavy (non-hydrogen) atoms. The van der Waals surface area contributed by atoms with Gasteiger partial charge in [0.2, 0.25) is 5.91 Å². The van der Waals surface area contributed by atoms with E-state index in [-0.39, 0.29) is 24.1 Å². The lowest BCUT2D eigenvalue weighted by Crippen LogP contribution is -2.59. The van der Waals surface area contributed by atoms with E-state index in [1.807, 2.05) is 24.3 Å². The summed E-state index contributed by atoms with van der Waals surface area (Å²) in [4.78, 5) is 44.7. The molecule has 0 aliphatic carbocycles. The number of para-hydroxylation sites is 1. The molecule has 2 aromatic rings. The first-order chi connectivity index (χ1) is 16.2. The highest BCUT2D eigenvalue weighted by Gasteiger charge is 2.66. The van der Waals surface area contributed by atoms with Crippen molar-refractivity contribution in [2.45, 2.75) is 44.8 Å². The van der Waals surface area contributed by atoms with E-state index in [9.17, 15) is 14.4 Å². The average molecular weight is 462 g/mol. The fourth-order valence-corrected chi connectivity index (χ4v) is 5.51. The van der Waals surface area contributed by atoms with Gasteiger partial charge in [0.15, 0.2) is 0 Å². The molecule has 0 spiro atoms. The van der Waals surface area contributed by atoms with Gasteiger partial charge in [-0.1, -0.05) is 38.1 Å². The van der Waals surface area contributed by atoms with Crippen LogP contribution in [-0.2, 0) is 19.7 Å². The van der Waals surface area contributed by atoms with Crippen LogP contribution in [0.1, 0.15) is 38.4 Å². The van der Waals surface area contributed by atoms with Gasteiger partial charge in [0.25, 0.3) is 5.91 Å². The lowest BCUT2D eigenvalue weighted by atomic mass is 9.60. The van der Waals surface area contributed by atoms with Crippen LogP contribution in [0.15, 0.2) is 55.1 Å². The van der Waals surface area contributed by atoms with Crippen molar-refractivity contribution in [2.24, 2.45) is 5.41 Å². The van der Waals surface area contributed by atoms with Crippen LogP contribution in [0.4, 0.5) is 10.5 Å². The van der Waals surface area contributed by atoms with Crippen LogP contribution >= 0.6 is 0 Å². The number of nitrogens with zero attached hydrogens (tertiary/aromatic N) is 3. The number of carbonyl (C=O) groups excluding carboxylic acids is 3. The summed E-state index contributed by atoms with van der Waals surface area (Å²) in [6.45, 7) is 10.2. The molecule has 2 N–H and O–H groups in total. The third-order valence-corrected chi connectivity index (χ3v) is 7.35. The van der Waals surface area contributed by atoms with E-state index in [1.54, 1.807) is 11.8 Å². The number of hydrogen-bond acceptors (Lipinski definition) is 6. The van der Waals surface area contributed by atoms with Gasteiger partial charge in [-0.25, -0.2) is 14.3 Å². The third-order valence-electron chi connectivity index (χ3n) is 7.35. The molecule has 3 aliphatic rings. The Labute approximate surface area is 197 Å². The van der Waals surface area contributed by atoms with Gasteiger partial charge >= 0.3 is 6.09 Å². The summed E-state index contributed by atoms with van der Waals surface area (Å²) < 4.78 is 6.15. The zero-order valence-corrected chi connectivity index (χ0v) is 19.4. The molecular weight excluding hydrogens is 434 g/mol. The number of aromatic nitrogens is 2. The van der Waals surface area contributed by atoms with Crippen LogP contribution in [0.25, 0.3) is 6.08 Å². The van der Waals surface area contributed by atoms with E-state index in [4.69, 9.17) is 4.74 Å². The first-order valence-electron chi connectivity index (χ1n) is 11.3. The molecule has 2 saturated heterocycles. The Morgan fingerprint density at radius 3 is 2.85 bits per heavy atom. The molecular formula is C25H27N5O4. The third kappa shape index (κ3) is 2.92. The summed E-state index contributed by atoms with van der Waals surface area (Å²) in [5.74, 6) is -0.550. The summed E-state index contributed by atoms with van der Waals surface area (Å²) in [6.07, 6.45) is 5.64. The molecule has 9 heteroatoms. The van der Waals surface area contributed by atoms with Crippen LogP contribution < -0.4 is 10.6 Å². The number of piperazine rings is 1. The van der Waals surface area contributed by atoms with E-state index >= 15 is 0 Å². The van der Waals surface area contributed by atoms with Gasteiger partial charge in [-0.05, 0) is 36.5 Å². The molecule has 0 bridgehead atoms. The van der Waals surface area contributed by atoms with Crippen molar-refractivity contribution >= 4 is 29.7 Å². The lowest BCUT2D eigenvalue weighted by molar-refractivity contribution is -0.141. The minimum atomic E-state index is -0.619. The number of amides is 2. The van der Waals surface area contributed by atoms with E-state index in [1.165, 1.54) is 23.2 Å². The van der Waals surface area contributed by atoms with Gasteiger partial charge in [-0.15, -0.1) is 6.58 Å². The number of allylic oxidation sites excluding steroid dienone is 1. The summed E-state index contributed by atoms with van der Waals surface area (Å²) in [6, 6.07) is 7.37. The van der Waals surface area contributed by atoms with Gasteiger partial charge in [0.05, 0.1) is 12.3 Å². The van der Waals surface area contributed by atoms with Gasteiger partial charge < -0.3 is 20.3 Å². The fourth-order valence-electron chi connectivity index (χ4n) is 5.51. The highest BCUT2D eigenvalue weighted by molar-refractivity contribution is 6.08. The van der Waals surface area contributed by atoms with Gasteiger partial charge in [-0.2, -0.15) is 0 Å². The first kappa shape index (κ1) is 21.9. The number of fused-ring (bicyclic) bond motifs is 5. The number of benzene rings is 1. The number of carbonyl (C=O) groups is 3. The molecule has 9 nitrogen and oxygen atoms in total. The Hall–Kier alpha value is -3.88. The molecule has 176 valence electrons. The van der Waals surface area contributed by atoms with E-state index < -0.39 is 29.1 Å². The Morgan fingerprint density at radius 2 is 2.12 bits per heavy atom. The van der Waals surface area contributed by atoms with Crippen molar-refractivity contribution in [3.8, 4) is 0 Å². The molecule has 1 aromatic carbocycles. The fraction of sp³-hybridized carbons (Fsp3) is 0.360. The highest BCUT2D eigenvalue weighted by atomic mass is 16.5. The largest absolute Gasteiger partial charge is 0.449 e. The number of ether oxygens (including phenoxy) is 1. The zero-order valence-electron chi connectivity index (χ0n) is 19.4. The number of hydrogen-bond donors (Lipinski definition) is 2. The molecule has 2 amide bonds. The van der Waals surface area contributed by atoms with Crippen molar-refractivity contribution < 1.29 is 19.1 Å². The van der Waals surface area contributed by atoms with Crippen LogP contribution in [0.2, 0.25) is 0 Å². The predicted octanol–water partition coefficient (Wildman–Crippen LogP) is 2.86. The highest BCUT2D eigenvalue weighted by Crippen LogP contribution is 2.60. The quantitative estimate of drug-likeness (QED) is 0.536. The number of imidazole rings is 1. The van der Waals surface area contributed by atoms with Crippen LogP contribution in [0.3, 0.4) is 0 Å². The summed E-state index contributed by atoms with van der Waals surface area (Å²) in [5.41, 5.74) is 1.58. The maximum atomic E-state index is 13.7. The molecule has 2 fully saturated rings. The van der Waals surface area contributed by atoms with Crippen molar-refractivity contribution in [1.82, 2.24) is 19.8 Å². The maximum absolute atomic E-state index is 13.7. The summed E-state index contributed by atoms with van der Waals surface area (Å²) in [7, 11) is 0. The molecule has 5 rings (SSSR count). The van der Waals surface area contributed by atoms with Crippen molar-refractivity contribution in [1.29, 1.82) is 0 Å². The smallest absolute Gasteiger partial charge is 0.419 e. The standard InChI is InChI=1S/C25H27N5O4/c1-5-24(3,4)25-12-19-20(31)27-18(11-15-13-29(14-26-15)23(33)34-6-2)21(32)30(19)22(25)28-17-10-8-7-9-16(17)25/h5,7-11,13-14,19,22,28H,1,6,12H2,2-4H3,(H,27,31)/b18-11+/t19-,22-,25+/m0/s1. The lowest BCUT2D eigenvalue weighted by Gasteiger charge is -2.43. The first-order valence-corrected chi connectivity index (χ1v) is 11.3. The zero-order chi connectivity index (χ0) is 24.3. The summed E-state index contributed by atoms with van der Waals surface area (Å²) >= 11 is 0. The van der Waals surface area contributed by atoms with E-state index in [0.29, 0.717) is 12.1 Å². The van der Waals surface area contributed by atoms with Gasteiger partial charge in [-0.3, -0.25) is 9.59 Å². The van der Waals surface area contributed by atoms with E-state index in [0.717, 1.165) is 11.3 Å². The Balaban J connectivity index is 1.54. The molecule has 3 atom stereocenters. The normalized spacial score (nSPS) is 26.4. The second-order valence-corrected chi connectivity index (χ2v) is 9.37. The predicted molar refractivity (Wildman–Crippen MR) is 126 cm³/mol. The van der Waals surface area contributed by atoms with E-state index in [2.05, 4.69) is 42.1 Å². The number of anilines is 1. The van der Waals surface area contributed by atoms with Crippen molar-refractivity contribution in [3.05, 3.63) is 66.4 Å². The minimum Gasteiger partial charge on any atom is -0.449 e. The Morgan fingerprint density at radius 1 is 1.35 bits per heavy atom. The second-order valence-electron chi connectivity index (χ2n) is 9.37. The maximum Gasteiger partial charge on any atom is 0.419 e. The average Bonchev–Trinajstić information content (AvgIpc) is 3.50. The van der Waals surface area contributed by atoms with Gasteiger partial charge in [0, 0.05) is 17.3 Å². The van der Waals surface area contributed by atoms with Crippen molar-refractivity contribution in [3.63, 3.8) is 0 Å². The molecule has 0 saturated carbocycles. The second kappa shape index (κ2) is 7.58. The SMILES string of the molecule is C=CC(C)(C)[C@@]12C[C@H]3C(=O)N/C(=C/c4cn(C(=O)OCC)cn4)C(=O)N3[C@@H]1Nc1ccccc12. The topological polar surface area (TPSA) is 106 Å². The molecule has 0 unspecified atom stereocenters. The molecule has 3 aliphatic heterocycles.